The molecule has 3 rings (SSSR count). The Bertz CT molecular complexity index is 870. The molecule has 24 heavy (non-hydrogen) atoms. The fraction of sp³-hybridized carbons (Fsp3) is 0.154. The molecule has 0 amide bonds. The highest BCUT2D eigenvalue weighted by Crippen LogP contribution is 2.29. The van der Waals surface area contributed by atoms with Gasteiger partial charge in [0.05, 0.1) is 12.7 Å². The van der Waals surface area contributed by atoms with Crippen LogP contribution in [-0.4, -0.2) is 36.2 Å². The maximum atomic E-state index is 12.4. The van der Waals surface area contributed by atoms with E-state index in [-0.39, 0.29) is 18.1 Å². The fourth-order valence-electron chi connectivity index (χ4n) is 1.88. The molecule has 0 saturated carbocycles. The number of halogens is 3. The average Bonchev–Trinajstić information content (AvgIpc) is 3.16. The minimum atomic E-state index is -4.69. The minimum absolute atomic E-state index is 0.178. The van der Waals surface area contributed by atoms with Gasteiger partial charge in [0.1, 0.15) is 0 Å². The van der Waals surface area contributed by atoms with Crippen molar-refractivity contribution in [2.24, 2.45) is 0 Å². The molecule has 124 valence electrons. The number of carboxylic acids is 1. The minimum Gasteiger partial charge on any atom is -0.476 e. The largest absolute Gasteiger partial charge is 0.476 e. The van der Waals surface area contributed by atoms with E-state index in [9.17, 15) is 18.0 Å². The molecule has 11 heteroatoms. The molecule has 1 N–H and O–H groups in total. The molecule has 0 atom stereocenters. The molecule has 2 aromatic heterocycles. The molecule has 0 spiro atoms. The first-order valence-corrected chi connectivity index (χ1v) is 6.46. The number of aromatic carboxylic acids is 1. The SMILES string of the molecule is O=C(O)c1cn(Cc2ccc(-c3noc(C(F)(F)F)n3)cc2)nn1. The van der Waals surface area contributed by atoms with Gasteiger partial charge in [0.2, 0.25) is 5.82 Å². The van der Waals surface area contributed by atoms with Crippen molar-refractivity contribution in [3.8, 4) is 11.4 Å². The topological polar surface area (TPSA) is 107 Å². The number of nitrogens with zero attached hydrogens (tertiary/aromatic N) is 5. The molecule has 8 nitrogen and oxygen atoms in total. The highest BCUT2D eigenvalue weighted by molar-refractivity contribution is 5.84. The second-order valence-corrected chi connectivity index (χ2v) is 4.72. The number of rotatable bonds is 4. The normalized spacial score (nSPS) is 11.6. The second kappa shape index (κ2) is 5.76. The number of alkyl halides is 3. The van der Waals surface area contributed by atoms with Crippen LogP contribution in [0.25, 0.3) is 11.4 Å². The van der Waals surface area contributed by atoms with E-state index in [0.29, 0.717) is 5.56 Å². The van der Waals surface area contributed by atoms with Crippen molar-refractivity contribution in [1.82, 2.24) is 25.1 Å². The van der Waals surface area contributed by atoms with E-state index in [4.69, 9.17) is 5.11 Å². The molecule has 1 aromatic carbocycles. The van der Waals surface area contributed by atoms with E-state index >= 15 is 0 Å². The van der Waals surface area contributed by atoms with Crippen LogP contribution in [0.3, 0.4) is 0 Å². The van der Waals surface area contributed by atoms with Crippen LogP contribution in [0.5, 0.6) is 0 Å². The quantitative estimate of drug-likeness (QED) is 0.775. The van der Waals surface area contributed by atoms with Crippen LogP contribution in [-0.2, 0) is 12.7 Å². The lowest BCUT2D eigenvalue weighted by Gasteiger charge is -2.01. The number of hydrogen-bond donors (Lipinski definition) is 1. The molecular weight excluding hydrogens is 331 g/mol. The van der Waals surface area contributed by atoms with Crippen molar-refractivity contribution in [2.75, 3.05) is 0 Å². The van der Waals surface area contributed by atoms with E-state index in [0.717, 1.165) is 5.56 Å². The molecule has 0 bridgehead atoms. The van der Waals surface area contributed by atoms with Crippen LogP contribution in [0.4, 0.5) is 13.2 Å². The molecule has 0 fully saturated rings. The van der Waals surface area contributed by atoms with E-state index < -0.39 is 18.0 Å². The first-order valence-electron chi connectivity index (χ1n) is 6.46. The summed E-state index contributed by atoms with van der Waals surface area (Å²) in [5.74, 6) is -2.78. The molecule has 0 unspecified atom stereocenters. The molecular formula is C13H8F3N5O3. The second-order valence-electron chi connectivity index (χ2n) is 4.72. The Morgan fingerprint density at radius 2 is 1.96 bits per heavy atom. The molecule has 0 aliphatic rings. The van der Waals surface area contributed by atoms with E-state index in [1.165, 1.54) is 23.0 Å². The Hall–Kier alpha value is -3.24. The van der Waals surface area contributed by atoms with Gasteiger partial charge in [-0.25, -0.2) is 9.48 Å². The molecule has 2 heterocycles. The Kier molecular flexibility index (Phi) is 3.75. The lowest BCUT2D eigenvalue weighted by Crippen LogP contribution is -2.04. The van der Waals surface area contributed by atoms with Crippen LogP contribution in [0.2, 0.25) is 0 Å². The highest BCUT2D eigenvalue weighted by Gasteiger charge is 2.38. The van der Waals surface area contributed by atoms with Crippen molar-refractivity contribution < 1.29 is 27.6 Å². The van der Waals surface area contributed by atoms with Crippen LogP contribution in [0.15, 0.2) is 35.0 Å². The van der Waals surface area contributed by atoms with Gasteiger partial charge >= 0.3 is 18.0 Å². The van der Waals surface area contributed by atoms with Crippen LogP contribution < -0.4 is 0 Å². The van der Waals surface area contributed by atoms with Gasteiger partial charge in [0, 0.05) is 5.56 Å². The average molecular weight is 339 g/mol. The van der Waals surface area contributed by atoms with Gasteiger partial charge in [0.15, 0.2) is 5.69 Å². The fourth-order valence-corrected chi connectivity index (χ4v) is 1.88. The summed E-state index contributed by atoms with van der Waals surface area (Å²) in [6.07, 6.45) is -3.43. The number of carboxylic acid groups (broad SMARTS) is 1. The van der Waals surface area contributed by atoms with E-state index in [1.54, 1.807) is 12.1 Å². The van der Waals surface area contributed by atoms with E-state index in [1.807, 2.05) is 0 Å². The first-order chi connectivity index (χ1) is 11.3. The summed E-state index contributed by atoms with van der Waals surface area (Å²) in [5, 5.41) is 19.2. The van der Waals surface area contributed by atoms with Crippen molar-refractivity contribution >= 4 is 5.97 Å². The van der Waals surface area contributed by atoms with E-state index in [2.05, 4.69) is 25.0 Å². The smallest absolute Gasteiger partial charge is 0.471 e. The summed E-state index contributed by atoms with van der Waals surface area (Å²) in [5.41, 5.74) is 0.904. The molecule has 0 aliphatic heterocycles. The zero-order valence-corrected chi connectivity index (χ0v) is 11.7. The monoisotopic (exact) mass is 339 g/mol. The van der Waals surface area contributed by atoms with Gasteiger partial charge in [-0.3, -0.25) is 0 Å². The van der Waals surface area contributed by atoms with Gasteiger partial charge in [-0.15, -0.1) is 5.10 Å². The summed E-state index contributed by atoms with van der Waals surface area (Å²) in [4.78, 5) is 14.0. The summed E-state index contributed by atoms with van der Waals surface area (Å²) in [6.45, 7) is 0.251. The third-order valence-electron chi connectivity index (χ3n) is 2.98. The Morgan fingerprint density at radius 1 is 1.25 bits per heavy atom. The van der Waals surface area contributed by atoms with Gasteiger partial charge in [-0.05, 0) is 5.56 Å². The standard InChI is InChI=1S/C13H8F3N5O3/c14-13(15,16)12-17-10(19-24-12)8-3-1-7(2-4-8)5-21-6-9(11(22)23)18-20-21/h1-4,6H,5H2,(H,22,23). The summed E-state index contributed by atoms with van der Waals surface area (Å²) in [7, 11) is 0. The number of hydrogen-bond acceptors (Lipinski definition) is 6. The van der Waals surface area contributed by atoms with Crippen molar-refractivity contribution in [2.45, 2.75) is 12.7 Å². The maximum Gasteiger partial charge on any atom is 0.471 e. The number of aromatic nitrogens is 5. The molecule has 0 radical (unpaired) electrons. The Morgan fingerprint density at radius 3 is 2.50 bits per heavy atom. The Balaban J connectivity index is 1.75. The van der Waals surface area contributed by atoms with Gasteiger partial charge in [0.25, 0.3) is 0 Å². The Labute approximate surface area is 131 Å². The number of benzene rings is 1. The summed E-state index contributed by atoms with van der Waals surface area (Å²) < 4.78 is 42.8. The summed E-state index contributed by atoms with van der Waals surface area (Å²) in [6, 6.07) is 6.30. The molecule has 3 aromatic rings. The first kappa shape index (κ1) is 15.6. The number of carbonyl (C=O) groups is 1. The zero-order valence-electron chi connectivity index (χ0n) is 11.7. The van der Waals surface area contributed by atoms with Gasteiger partial charge in [-0.1, -0.05) is 34.6 Å². The third-order valence-corrected chi connectivity index (χ3v) is 2.98. The van der Waals surface area contributed by atoms with Crippen LogP contribution >= 0.6 is 0 Å². The predicted octanol–water partition coefficient (Wildman–Crippen LogP) is 2.09. The maximum absolute atomic E-state index is 12.4. The van der Waals surface area contributed by atoms with Crippen molar-refractivity contribution in [3.05, 3.63) is 47.6 Å². The lowest BCUT2D eigenvalue weighted by atomic mass is 10.1. The van der Waals surface area contributed by atoms with Gasteiger partial charge in [-0.2, -0.15) is 18.2 Å². The van der Waals surface area contributed by atoms with Crippen LogP contribution in [0, 0.1) is 0 Å². The zero-order chi connectivity index (χ0) is 17.3. The predicted molar refractivity (Wildman–Crippen MR) is 70.8 cm³/mol. The lowest BCUT2D eigenvalue weighted by molar-refractivity contribution is -0.159. The third kappa shape index (κ3) is 3.24. The van der Waals surface area contributed by atoms with Crippen molar-refractivity contribution in [3.63, 3.8) is 0 Å². The van der Waals surface area contributed by atoms with Gasteiger partial charge < -0.3 is 9.63 Å². The van der Waals surface area contributed by atoms with Crippen LogP contribution in [0.1, 0.15) is 21.9 Å². The molecule has 0 saturated heterocycles. The molecule has 0 aliphatic carbocycles. The highest BCUT2D eigenvalue weighted by atomic mass is 19.4. The summed E-state index contributed by atoms with van der Waals surface area (Å²) >= 11 is 0. The van der Waals surface area contributed by atoms with Crippen molar-refractivity contribution in [1.29, 1.82) is 0 Å².